The van der Waals surface area contributed by atoms with Gasteiger partial charge >= 0.3 is 18.5 Å². The molecule has 0 aliphatic carbocycles. The van der Waals surface area contributed by atoms with Crippen LogP contribution in [0.2, 0.25) is 5.15 Å². The Hall–Kier alpha value is -2.24. The van der Waals surface area contributed by atoms with Gasteiger partial charge in [-0.2, -0.15) is 39.5 Å². The molecule has 0 fully saturated rings. The zero-order valence-corrected chi connectivity index (χ0v) is 15.3. The molecule has 1 heterocycles. The van der Waals surface area contributed by atoms with Gasteiger partial charge in [-0.15, -0.1) is 0 Å². The Kier molecular flexibility index (Phi) is 5.99. The molecule has 0 unspecified atom stereocenters. The van der Waals surface area contributed by atoms with Crippen molar-refractivity contribution < 1.29 is 39.5 Å². The lowest BCUT2D eigenvalue weighted by atomic mass is 10.1. The summed E-state index contributed by atoms with van der Waals surface area (Å²) in [4.78, 5) is 6.68. The quantitative estimate of drug-likeness (QED) is 0.383. The fourth-order valence-electron chi connectivity index (χ4n) is 2.32. The molecule has 0 amide bonds. The standard InChI is InChI=1S/C16H11ClF9N3/c1-7(2)29-12(17)6-11(16(24,25)26)28-13(29)27-10-4-3-8(14(18,19)20)5-9(10)15(21,22)23/h3-7H,1-2H3. The van der Waals surface area contributed by atoms with Crippen molar-refractivity contribution in [3.05, 3.63) is 51.9 Å². The highest BCUT2D eigenvalue weighted by atomic mass is 35.5. The van der Waals surface area contributed by atoms with E-state index in [0.717, 1.165) is 4.57 Å². The summed E-state index contributed by atoms with van der Waals surface area (Å²) in [6.07, 6.45) is -15.3. The second kappa shape index (κ2) is 7.54. The predicted molar refractivity (Wildman–Crippen MR) is 84.3 cm³/mol. The third-order valence-electron chi connectivity index (χ3n) is 3.58. The van der Waals surface area contributed by atoms with Crippen LogP contribution >= 0.6 is 11.6 Å². The number of benzene rings is 1. The van der Waals surface area contributed by atoms with Gasteiger partial charge in [0.25, 0.3) is 0 Å². The summed E-state index contributed by atoms with van der Waals surface area (Å²) in [6.45, 7) is 2.91. The number of hydrogen-bond donors (Lipinski definition) is 0. The summed E-state index contributed by atoms with van der Waals surface area (Å²) in [5.41, 5.74) is -6.76. The molecule has 0 saturated heterocycles. The summed E-state index contributed by atoms with van der Waals surface area (Å²) in [5, 5.41) is -0.512. The van der Waals surface area contributed by atoms with Crippen molar-refractivity contribution in [1.82, 2.24) is 9.55 Å². The van der Waals surface area contributed by atoms with Crippen molar-refractivity contribution in [2.45, 2.75) is 38.4 Å². The number of aromatic nitrogens is 2. The second-order valence-corrected chi connectivity index (χ2v) is 6.45. The Morgan fingerprint density at radius 2 is 1.48 bits per heavy atom. The molecule has 1 aromatic carbocycles. The van der Waals surface area contributed by atoms with Gasteiger partial charge in [0.2, 0.25) is 5.62 Å². The molecule has 13 heteroatoms. The summed E-state index contributed by atoms with van der Waals surface area (Å²) >= 11 is 5.81. The van der Waals surface area contributed by atoms with Crippen molar-refractivity contribution in [2.24, 2.45) is 4.99 Å². The highest BCUT2D eigenvalue weighted by Crippen LogP contribution is 2.40. The third kappa shape index (κ3) is 5.22. The van der Waals surface area contributed by atoms with Crippen LogP contribution in [0.3, 0.4) is 0 Å². The van der Waals surface area contributed by atoms with Gasteiger partial charge in [0.1, 0.15) is 5.15 Å². The molecule has 0 atom stereocenters. The fraction of sp³-hybridized carbons (Fsp3) is 0.375. The molecule has 0 aliphatic rings. The third-order valence-corrected chi connectivity index (χ3v) is 3.87. The molecule has 0 radical (unpaired) electrons. The average molecular weight is 452 g/mol. The first kappa shape index (κ1) is 23.0. The SMILES string of the molecule is CC(C)n1c(Cl)cc(C(F)(F)F)nc1=Nc1ccc(C(F)(F)F)cc1C(F)(F)F. The van der Waals surface area contributed by atoms with Crippen molar-refractivity contribution in [2.75, 3.05) is 0 Å². The van der Waals surface area contributed by atoms with Crippen LogP contribution in [0.1, 0.15) is 36.7 Å². The Bertz CT molecular complexity index is 970. The molecule has 0 N–H and O–H groups in total. The van der Waals surface area contributed by atoms with Crippen LogP contribution < -0.4 is 5.62 Å². The van der Waals surface area contributed by atoms with Crippen LogP contribution in [0, 0.1) is 0 Å². The van der Waals surface area contributed by atoms with Gasteiger partial charge in [-0.05, 0) is 32.0 Å². The lowest BCUT2D eigenvalue weighted by molar-refractivity contribution is -0.143. The second-order valence-electron chi connectivity index (χ2n) is 6.06. The normalized spacial score (nSPS) is 14.0. The first-order valence-corrected chi connectivity index (χ1v) is 8.09. The first-order valence-electron chi connectivity index (χ1n) is 7.71. The van der Waals surface area contributed by atoms with E-state index >= 15 is 0 Å². The smallest absolute Gasteiger partial charge is 0.298 e. The van der Waals surface area contributed by atoms with E-state index in [-0.39, 0.29) is 6.07 Å². The summed E-state index contributed by atoms with van der Waals surface area (Å²) in [6, 6.07) is 0.376. The Labute approximate surface area is 162 Å². The van der Waals surface area contributed by atoms with Crippen molar-refractivity contribution >= 4 is 17.3 Å². The zero-order chi connectivity index (χ0) is 22.4. The Balaban J connectivity index is 2.87. The fourth-order valence-corrected chi connectivity index (χ4v) is 2.69. The maximum atomic E-state index is 13.3. The molecule has 0 saturated carbocycles. The van der Waals surface area contributed by atoms with E-state index in [9.17, 15) is 39.5 Å². The summed E-state index contributed by atoms with van der Waals surface area (Å²) < 4.78 is 118. The first-order chi connectivity index (χ1) is 13.0. The van der Waals surface area contributed by atoms with Gasteiger partial charge in [-0.25, -0.2) is 9.98 Å². The van der Waals surface area contributed by atoms with Crippen LogP contribution in [-0.2, 0) is 18.5 Å². The molecule has 2 aromatic rings. The molecule has 0 spiro atoms. The lowest BCUT2D eigenvalue weighted by Crippen LogP contribution is -2.30. The average Bonchev–Trinajstić information content (AvgIpc) is 2.51. The molecule has 2 rings (SSSR count). The number of alkyl halides is 9. The predicted octanol–water partition coefficient (Wildman–Crippen LogP) is 6.41. The summed E-state index contributed by atoms with van der Waals surface area (Å²) in [7, 11) is 0. The van der Waals surface area contributed by atoms with Gasteiger partial charge < -0.3 is 0 Å². The van der Waals surface area contributed by atoms with Crippen LogP contribution in [0.5, 0.6) is 0 Å². The van der Waals surface area contributed by atoms with E-state index in [1.54, 1.807) is 0 Å². The molecular formula is C16H11ClF9N3. The molecule has 3 nitrogen and oxygen atoms in total. The van der Waals surface area contributed by atoms with Crippen molar-refractivity contribution in [3.63, 3.8) is 0 Å². The Morgan fingerprint density at radius 1 is 0.897 bits per heavy atom. The van der Waals surface area contributed by atoms with Gasteiger partial charge in [0.15, 0.2) is 5.69 Å². The maximum Gasteiger partial charge on any atom is 0.433 e. The van der Waals surface area contributed by atoms with E-state index in [1.807, 2.05) is 0 Å². The van der Waals surface area contributed by atoms with Crippen LogP contribution in [0.25, 0.3) is 0 Å². The van der Waals surface area contributed by atoms with Gasteiger partial charge in [0.05, 0.1) is 16.8 Å². The molecule has 0 aliphatic heterocycles. The molecule has 160 valence electrons. The highest BCUT2D eigenvalue weighted by molar-refractivity contribution is 6.29. The minimum atomic E-state index is -5.26. The molecule has 29 heavy (non-hydrogen) atoms. The number of halogens is 10. The zero-order valence-electron chi connectivity index (χ0n) is 14.5. The van der Waals surface area contributed by atoms with Gasteiger partial charge in [0, 0.05) is 12.1 Å². The maximum absolute atomic E-state index is 13.3. The minimum Gasteiger partial charge on any atom is -0.298 e. The van der Waals surface area contributed by atoms with E-state index in [0.29, 0.717) is 18.2 Å². The van der Waals surface area contributed by atoms with E-state index < -0.39 is 57.9 Å². The van der Waals surface area contributed by atoms with Gasteiger partial charge in [-0.3, -0.25) is 4.57 Å². The molecule has 1 aromatic heterocycles. The monoisotopic (exact) mass is 451 g/mol. The molecular weight excluding hydrogens is 441 g/mol. The lowest BCUT2D eigenvalue weighted by Gasteiger charge is -2.17. The van der Waals surface area contributed by atoms with E-state index in [1.165, 1.54) is 13.8 Å². The summed E-state index contributed by atoms with van der Waals surface area (Å²) in [5.74, 6) is 0. The van der Waals surface area contributed by atoms with Crippen LogP contribution in [0.15, 0.2) is 29.3 Å². The van der Waals surface area contributed by atoms with Crippen LogP contribution in [-0.4, -0.2) is 9.55 Å². The number of rotatable bonds is 2. The number of nitrogens with zero attached hydrogens (tertiary/aromatic N) is 3. The minimum absolute atomic E-state index is 0.173. The van der Waals surface area contributed by atoms with Crippen LogP contribution in [0.4, 0.5) is 45.2 Å². The molecule has 0 bridgehead atoms. The van der Waals surface area contributed by atoms with E-state index in [4.69, 9.17) is 11.6 Å². The van der Waals surface area contributed by atoms with E-state index in [2.05, 4.69) is 9.98 Å². The Morgan fingerprint density at radius 3 is 1.93 bits per heavy atom. The van der Waals surface area contributed by atoms with Crippen molar-refractivity contribution in [3.8, 4) is 0 Å². The topological polar surface area (TPSA) is 30.2 Å². The van der Waals surface area contributed by atoms with Gasteiger partial charge in [-0.1, -0.05) is 11.6 Å². The van der Waals surface area contributed by atoms with Crippen molar-refractivity contribution in [1.29, 1.82) is 0 Å². The highest BCUT2D eigenvalue weighted by Gasteiger charge is 2.38. The number of hydrogen-bond acceptors (Lipinski definition) is 2. The largest absolute Gasteiger partial charge is 0.433 e.